The van der Waals surface area contributed by atoms with Crippen molar-refractivity contribution in [2.75, 3.05) is 7.11 Å². The molecule has 1 heterocycles. The molecule has 0 aliphatic heterocycles. The molecule has 0 bridgehead atoms. The van der Waals surface area contributed by atoms with Crippen LogP contribution in [0.15, 0.2) is 18.3 Å². The topological polar surface area (TPSA) is 39.2 Å². The fourth-order valence-electron chi connectivity index (χ4n) is 1.73. The summed E-state index contributed by atoms with van der Waals surface area (Å²) in [5.41, 5.74) is 2.02. The highest BCUT2D eigenvalue weighted by molar-refractivity contribution is 5.84. The molecule has 1 atom stereocenters. The van der Waals surface area contributed by atoms with Gasteiger partial charge in [0.1, 0.15) is 6.10 Å². The molecular weight excluding hydrogens is 214 g/mol. The Bertz CT molecular complexity index is 346. The van der Waals surface area contributed by atoms with Crippen LogP contribution in [0.25, 0.3) is 0 Å². The monoisotopic (exact) mass is 235 g/mol. The van der Waals surface area contributed by atoms with Gasteiger partial charge in [-0.1, -0.05) is 26.3 Å². The third-order valence-corrected chi connectivity index (χ3v) is 2.84. The number of aromatic nitrogens is 1. The minimum atomic E-state index is -0.285. The van der Waals surface area contributed by atoms with Crippen molar-refractivity contribution in [3.63, 3.8) is 0 Å². The van der Waals surface area contributed by atoms with Crippen molar-refractivity contribution in [2.45, 2.75) is 45.6 Å². The van der Waals surface area contributed by atoms with E-state index in [-0.39, 0.29) is 11.9 Å². The van der Waals surface area contributed by atoms with Crippen LogP contribution in [0.3, 0.4) is 0 Å². The first kappa shape index (κ1) is 13.8. The number of methoxy groups -OCH3 is 1. The summed E-state index contributed by atoms with van der Waals surface area (Å²) in [4.78, 5) is 16.2. The zero-order valence-corrected chi connectivity index (χ0v) is 10.9. The van der Waals surface area contributed by atoms with Crippen molar-refractivity contribution < 1.29 is 9.53 Å². The molecule has 0 fully saturated rings. The van der Waals surface area contributed by atoms with E-state index in [1.165, 1.54) is 5.56 Å². The number of carbonyl (C=O) groups excluding carboxylic acids is 1. The van der Waals surface area contributed by atoms with Crippen molar-refractivity contribution >= 4 is 5.78 Å². The van der Waals surface area contributed by atoms with Crippen molar-refractivity contribution in [3.8, 4) is 0 Å². The lowest BCUT2D eigenvalue weighted by Gasteiger charge is -2.12. The molecule has 0 N–H and O–H groups in total. The number of Topliss-reactive ketones (excluding diaryl/α,β-unsaturated/α-hetero) is 1. The number of ketones is 1. The molecule has 1 aromatic heterocycles. The molecule has 1 unspecified atom stereocenters. The van der Waals surface area contributed by atoms with Crippen molar-refractivity contribution in [1.82, 2.24) is 4.98 Å². The van der Waals surface area contributed by atoms with Gasteiger partial charge in [-0.15, -0.1) is 0 Å². The normalized spacial score (nSPS) is 12.4. The number of aryl methyl sites for hydroxylation is 1. The maximum Gasteiger partial charge on any atom is 0.167 e. The molecule has 17 heavy (non-hydrogen) atoms. The second-order valence-electron chi connectivity index (χ2n) is 4.17. The SMILES string of the molecule is CCCC(OC)C(=O)Cc1ccc(CC)cn1. The van der Waals surface area contributed by atoms with E-state index in [1.807, 2.05) is 25.3 Å². The molecule has 0 radical (unpaired) electrons. The molecule has 3 nitrogen and oxygen atoms in total. The van der Waals surface area contributed by atoms with Crippen LogP contribution in [0.5, 0.6) is 0 Å². The third kappa shape index (κ3) is 4.27. The summed E-state index contributed by atoms with van der Waals surface area (Å²) in [6, 6.07) is 3.95. The van der Waals surface area contributed by atoms with Gasteiger partial charge in [0.25, 0.3) is 0 Å². The number of nitrogens with zero attached hydrogens (tertiary/aromatic N) is 1. The van der Waals surface area contributed by atoms with Gasteiger partial charge in [0.05, 0.1) is 6.42 Å². The second-order valence-corrected chi connectivity index (χ2v) is 4.17. The largest absolute Gasteiger partial charge is 0.374 e. The molecule has 0 spiro atoms. The standard InChI is InChI=1S/C14H21NO2/c1-4-6-14(17-3)13(16)9-12-8-7-11(5-2)10-15-12/h7-8,10,14H,4-6,9H2,1-3H3. The molecule has 0 saturated carbocycles. The van der Waals surface area contributed by atoms with Gasteiger partial charge < -0.3 is 4.74 Å². The first-order chi connectivity index (χ1) is 8.21. The molecule has 0 aromatic carbocycles. The molecule has 0 amide bonds. The molecule has 0 saturated heterocycles. The minimum Gasteiger partial charge on any atom is -0.374 e. The quantitative estimate of drug-likeness (QED) is 0.729. The molecule has 94 valence electrons. The molecule has 0 aliphatic carbocycles. The van der Waals surface area contributed by atoms with Gasteiger partial charge in [-0.25, -0.2) is 0 Å². The van der Waals surface area contributed by atoms with Crippen molar-refractivity contribution in [3.05, 3.63) is 29.6 Å². The van der Waals surface area contributed by atoms with Gasteiger partial charge in [-0.2, -0.15) is 0 Å². The molecule has 1 rings (SSSR count). The van der Waals surface area contributed by atoms with Crippen LogP contribution in [0.4, 0.5) is 0 Å². The predicted molar refractivity (Wildman–Crippen MR) is 68.0 cm³/mol. The zero-order valence-electron chi connectivity index (χ0n) is 10.9. The Balaban J connectivity index is 2.59. The Morgan fingerprint density at radius 3 is 2.65 bits per heavy atom. The van der Waals surface area contributed by atoms with E-state index in [4.69, 9.17) is 4.74 Å². The number of rotatable bonds is 7. The zero-order chi connectivity index (χ0) is 12.7. The van der Waals surface area contributed by atoms with E-state index in [0.717, 1.165) is 25.0 Å². The third-order valence-electron chi connectivity index (χ3n) is 2.84. The summed E-state index contributed by atoms with van der Waals surface area (Å²) in [6.07, 6.45) is 4.62. The summed E-state index contributed by atoms with van der Waals surface area (Å²) >= 11 is 0. The lowest BCUT2D eigenvalue weighted by molar-refractivity contribution is -0.128. The van der Waals surface area contributed by atoms with Gasteiger partial charge in [0.15, 0.2) is 5.78 Å². The summed E-state index contributed by atoms with van der Waals surface area (Å²) in [5, 5.41) is 0. The fraction of sp³-hybridized carbons (Fsp3) is 0.571. The molecule has 0 aliphatic rings. The number of hydrogen-bond acceptors (Lipinski definition) is 3. The van der Waals surface area contributed by atoms with Crippen LogP contribution < -0.4 is 0 Å². The average molecular weight is 235 g/mol. The lowest BCUT2D eigenvalue weighted by Crippen LogP contribution is -2.24. The molecule has 3 heteroatoms. The van der Waals surface area contributed by atoms with Gasteiger partial charge in [-0.3, -0.25) is 9.78 Å². The molecular formula is C14H21NO2. The van der Waals surface area contributed by atoms with Crippen LogP contribution in [0, 0.1) is 0 Å². The summed E-state index contributed by atoms with van der Waals surface area (Å²) in [6.45, 7) is 4.14. The van der Waals surface area contributed by atoms with Gasteiger partial charge in [0.2, 0.25) is 0 Å². The van der Waals surface area contributed by atoms with Crippen LogP contribution in [0.2, 0.25) is 0 Å². The van der Waals surface area contributed by atoms with Gasteiger partial charge in [-0.05, 0) is 24.5 Å². The van der Waals surface area contributed by atoms with E-state index >= 15 is 0 Å². The predicted octanol–water partition coefficient (Wildman–Crippen LogP) is 2.57. The Morgan fingerprint density at radius 1 is 1.41 bits per heavy atom. The van der Waals surface area contributed by atoms with Crippen molar-refractivity contribution in [1.29, 1.82) is 0 Å². The highest BCUT2D eigenvalue weighted by Gasteiger charge is 2.17. The van der Waals surface area contributed by atoms with E-state index in [0.29, 0.717) is 6.42 Å². The first-order valence-electron chi connectivity index (χ1n) is 6.20. The number of hydrogen-bond donors (Lipinski definition) is 0. The van der Waals surface area contributed by atoms with E-state index in [2.05, 4.69) is 11.9 Å². The van der Waals surface area contributed by atoms with Crippen LogP contribution in [-0.4, -0.2) is 24.0 Å². The van der Waals surface area contributed by atoms with Crippen LogP contribution in [-0.2, 0) is 22.4 Å². The maximum atomic E-state index is 11.9. The van der Waals surface area contributed by atoms with Crippen molar-refractivity contribution in [2.24, 2.45) is 0 Å². The Kier molecular flexibility index (Phi) is 5.84. The summed E-state index contributed by atoms with van der Waals surface area (Å²) < 4.78 is 5.19. The average Bonchev–Trinajstić information content (AvgIpc) is 2.36. The number of pyridine rings is 1. The fourth-order valence-corrected chi connectivity index (χ4v) is 1.73. The lowest BCUT2D eigenvalue weighted by atomic mass is 10.1. The van der Waals surface area contributed by atoms with Gasteiger partial charge >= 0.3 is 0 Å². The Morgan fingerprint density at radius 2 is 2.18 bits per heavy atom. The van der Waals surface area contributed by atoms with E-state index < -0.39 is 0 Å². The smallest absolute Gasteiger partial charge is 0.167 e. The Hall–Kier alpha value is -1.22. The van der Waals surface area contributed by atoms with Gasteiger partial charge in [0, 0.05) is 19.0 Å². The van der Waals surface area contributed by atoms with E-state index in [9.17, 15) is 4.79 Å². The minimum absolute atomic E-state index is 0.117. The van der Waals surface area contributed by atoms with E-state index in [1.54, 1.807) is 7.11 Å². The Labute approximate surface area is 103 Å². The molecule has 1 aromatic rings. The van der Waals surface area contributed by atoms with Crippen LogP contribution in [0.1, 0.15) is 37.9 Å². The number of carbonyl (C=O) groups is 1. The maximum absolute atomic E-state index is 11.9. The van der Waals surface area contributed by atoms with Crippen LogP contribution >= 0.6 is 0 Å². The highest BCUT2D eigenvalue weighted by atomic mass is 16.5. The first-order valence-corrected chi connectivity index (χ1v) is 6.20. The second kappa shape index (κ2) is 7.17. The summed E-state index contributed by atoms with van der Waals surface area (Å²) in [5.74, 6) is 0.117. The number of ether oxygens (including phenoxy) is 1. The highest BCUT2D eigenvalue weighted by Crippen LogP contribution is 2.08. The summed E-state index contributed by atoms with van der Waals surface area (Å²) in [7, 11) is 1.59.